The molecule has 0 spiro atoms. The molecule has 1 saturated heterocycles. The van der Waals surface area contributed by atoms with Crippen molar-refractivity contribution in [3.8, 4) is 0 Å². The lowest BCUT2D eigenvalue weighted by Gasteiger charge is -2.12. The Labute approximate surface area is 109 Å². The van der Waals surface area contributed by atoms with E-state index in [1.54, 1.807) is 0 Å². The van der Waals surface area contributed by atoms with E-state index in [4.69, 9.17) is 0 Å². The van der Waals surface area contributed by atoms with Crippen molar-refractivity contribution in [2.24, 2.45) is 11.8 Å². The predicted molar refractivity (Wildman–Crippen MR) is 73.8 cm³/mol. The van der Waals surface area contributed by atoms with Crippen molar-refractivity contribution >= 4 is 32.6 Å². The number of thiazole rings is 1. The van der Waals surface area contributed by atoms with Gasteiger partial charge in [-0.15, -0.1) is 0 Å². The van der Waals surface area contributed by atoms with Gasteiger partial charge < -0.3 is 10.6 Å². The van der Waals surface area contributed by atoms with E-state index in [2.05, 4.69) is 22.5 Å². The number of nitrogens with one attached hydrogen (secondary N) is 2. The van der Waals surface area contributed by atoms with Crippen LogP contribution in [0.2, 0.25) is 0 Å². The fraction of sp³-hybridized carbons (Fsp3) is 0.385. The first-order valence-electron chi connectivity index (χ1n) is 6.11. The molecule has 2 aromatic rings. The number of carbonyl (C=O) groups is 1. The molecule has 2 atom stereocenters. The number of benzene rings is 1. The fourth-order valence-corrected chi connectivity index (χ4v) is 3.15. The normalized spacial score (nSPS) is 23.4. The first-order chi connectivity index (χ1) is 8.74. The van der Waals surface area contributed by atoms with Crippen molar-refractivity contribution in [2.75, 3.05) is 18.4 Å². The van der Waals surface area contributed by atoms with Crippen LogP contribution in [0.25, 0.3) is 10.2 Å². The topological polar surface area (TPSA) is 54.0 Å². The Hall–Kier alpha value is -1.46. The van der Waals surface area contributed by atoms with Gasteiger partial charge in [0.25, 0.3) is 0 Å². The molecule has 0 radical (unpaired) electrons. The summed E-state index contributed by atoms with van der Waals surface area (Å²) in [4.78, 5) is 16.5. The molecule has 3 rings (SSSR count). The van der Waals surface area contributed by atoms with Crippen LogP contribution in [0.4, 0.5) is 5.13 Å². The van der Waals surface area contributed by atoms with Crippen LogP contribution in [-0.4, -0.2) is 24.0 Å². The molecule has 94 valence electrons. The lowest BCUT2D eigenvalue weighted by molar-refractivity contribution is -0.120. The van der Waals surface area contributed by atoms with Gasteiger partial charge in [0.1, 0.15) is 0 Å². The van der Waals surface area contributed by atoms with Crippen molar-refractivity contribution in [3.63, 3.8) is 0 Å². The van der Waals surface area contributed by atoms with Gasteiger partial charge in [-0.2, -0.15) is 0 Å². The maximum absolute atomic E-state index is 12.1. The minimum Gasteiger partial charge on any atom is -0.316 e. The SMILES string of the molecule is C[C@@H]1CNC[C@H]1C(=O)Nc1nc2ccccc2s1. The molecule has 2 N–H and O–H groups in total. The Balaban J connectivity index is 1.77. The number of rotatable bonds is 2. The Bertz CT molecular complexity index is 547. The van der Waals surface area contributed by atoms with Crippen molar-refractivity contribution in [3.05, 3.63) is 24.3 Å². The lowest BCUT2D eigenvalue weighted by Crippen LogP contribution is -2.27. The van der Waals surface area contributed by atoms with Gasteiger partial charge in [-0.05, 0) is 24.6 Å². The van der Waals surface area contributed by atoms with Crippen LogP contribution in [0.15, 0.2) is 24.3 Å². The summed E-state index contributed by atoms with van der Waals surface area (Å²) in [6.45, 7) is 3.78. The van der Waals surface area contributed by atoms with E-state index in [0.717, 1.165) is 23.3 Å². The molecule has 1 fully saturated rings. The van der Waals surface area contributed by atoms with E-state index in [-0.39, 0.29) is 11.8 Å². The molecule has 1 aliphatic rings. The maximum Gasteiger partial charge on any atom is 0.230 e. The van der Waals surface area contributed by atoms with E-state index in [0.29, 0.717) is 11.0 Å². The molecule has 18 heavy (non-hydrogen) atoms. The van der Waals surface area contributed by atoms with E-state index in [1.807, 2.05) is 24.3 Å². The van der Waals surface area contributed by atoms with Crippen LogP contribution in [0, 0.1) is 11.8 Å². The maximum atomic E-state index is 12.1. The predicted octanol–water partition coefficient (Wildman–Crippen LogP) is 2.09. The molecule has 0 unspecified atom stereocenters. The van der Waals surface area contributed by atoms with E-state index >= 15 is 0 Å². The number of hydrogen-bond acceptors (Lipinski definition) is 4. The minimum atomic E-state index is 0.0528. The smallest absolute Gasteiger partial charge is 0.230 e. The zero-order chi connectivity index (χ0) is 12.5. The van der Waals surface area contributed by atoms with E-state index in [9.17, 15) is 4.79 Å². The largest absolute Gasteiger partial charge is 0.316 e. The van der Waals surface area contributed by atoms with Gasteiger partial charge in [-0.3, -0.25) is 4.79 Å². The van der Waals surface area contributed by atoms with Gasteiger partial charge in [0, 0.05) is 6.54 Å². The Morgan fingerprint density at radius 1 is 1.44 bits per heavy atom. The third-order valence-corrected chi connectivity index (χ3v) is 4.33. The van der Waals surface area contributed by atoms with Crippen LogP contribution in [-0.2, 0) is 4.79 Å². The van der Waals surface area contributed by atoms with Crippen LogP contribution in [0.1, 0.15) is 6.92 Å². The van der Waals surface area contributed by atoms with Gasteiger partial charge in [-0.25, -0.2) is 4.98 Å². The number of aromatic nitrogens is 1. The molecule has 2 heterocycles. The standard InChI is InChI=1S/C13H15N3OS/c1-8-6-14-7-9(8)12(17)16-13-15-10-4-2-3-5-11(10)18-13/h2-5,8-9,14H,6-7H2,1H3,(H,15,16,17)/t8-,9-/m1/s1. The second kappa shape index (κ2) is 4.66. The lowest BCUT2D eigenvalue weighted by atomic mass is 9.97. The zero-order valence-corrected chi connectivity index (χ0v) is 11.0. The second-order valence-electron chi connectivity index (χ2n) is 4.72. The molecular formula is C13H15N3OS. The van der Waals surface area contributed by atoms with Gasteiger partial charge in [0.05, 0.1) is 16.1 Å². The second-order valence-corrected chi connectivity index (χ2v) is 5.75. The first kappa shape index (κ1) is 11.6. The number of hydrogen-bond donors (Lipinski definition) is 2. The average Bonchev–Trinajstić information content (AvgIpc) is 2.94. The van der Waals surface area contributed by atoms with Crippen molar-refractivity contribution in [1.29, 1.82) is 0 Å². The summed E-state index contributed by atoms with van der Waals surface area (Å²) in [7, 11) is 0. The summed E-state index contributed by atoms with van der Waals surface area (Å²) >= 11 is 1.52. The molecule has 0 aliphatic carbocycles. The minimum absolute atomic E-state index is 0.0528. The van der Waals surface area contributed by atoms with Crippen molar-refractivity contribution in [2.45, 2.75) is 6.92 Å². The van der Waals surface area contributed by atoms with Crippen molar-refractivity contribution in [1.82, 2.24) is 10.3 Å². The average molecular weight is 261 g/mol. The number of fused-ring (bicyclic) bond motifs is 1. The highest BCUT2D eigenvalue weighted by Gasteiger charge is 2.29. The molecule has 4 nitrogen and oxygen atoms in total. The molecule has 0 bridgehead atoms. The van der Waals surface area contributed by atoms with E-state index < -0.39 is 0 Å². The molecule has 0 saturated carbocycles. The summed E-state index contributed by atoms with van der Waals surface area (Å²) in [6, 6.07) is 7.91. The monoisotopic (exact) mass is 261 g/mol. The summed E-state index contributed by atoms with van der Waals surface area (Å²) in [5, 5.41) is 6.86. The highest BCUT2D eigenvalue weighted by molar-refractivity contribution is 7.22. The number of nitrogens with zero attached hydrogens (tertiary/aromatic N) is 1. The van der Waals surface area contributed by atoms with Crippen molar-refractivity contribution < 1.29 is 4.79 Å². The van der Waals surface area contributed by atoms with Crippen LogP contribution in [0.3, 0.4) is 0 Å². The summed E-state index contributed by atoms with van der Waals surface area (Å²) < 4.78 is 1.10. The van der Waals surface area contributed by atoms with E-state index in [1.165, 1.54) is 11.3 Å². The van der Waals surface area contributed by atoms with Gasteiger partial charge in [0.2, 0.25) is 5.91 Å². The zero-order valence-electron chi connectivity index (χ0n) is 10.1. The van der Waals surface area contributed by atoms with Gasteiger partial charge >= 0.3 is 0 Å². The van der Waals surface area contributed by atoms with Gasteiger partial charge in [0.15, 0.2) is 5.13 Å². The Morgan fingerprint density at radius 3 is 3.00 bits per heavy atom. The molecule has 1 aromatic heterocycles. The highest BCUT2D eigenvalue weighted by atomic mass is 32.1. The number of amides is 1. The first-order valence-corrected chi connectivity index (χ1v) is 6.93. The number of carbonyl (C=O) groups excluding carboxylic acids is 1. The van der Waals surface area contributed by atoms with Crippen LogP contribution < -0.4 is 10.6 Å². The molecule has 1 aliphatic heterocycles. The fourth-order valence-electron chi connectivity index (χ4n) is 2.28. The third kappa shape index (κ3) is 2.11. The highest BCUT2D eigenvalue weighted by Crippen LogP contribution is 2.26. The third-order valence-electron chi connectivity index (χ3n) is 3.38. The molecule has 1 aromatic carbocycles. The summed E-state index contributed by atoms with van der Waals surface area (Å²) in [5.41, 5.74) is 0.940. The Kier molecular flexibility index (Phi) is 3.01. The molecule has 5 heteroatoms. The van der Waals surface area contributed by atoms with Gasteiger partial charge in [-0.1, -0.05) is 30.4 Å². The summed E-state index contributed by atoms with van der Waals surface area (Å²) in [6.07, 6.45) is 0. The number of anilines is 1. The Morgan fingerprint density at radius 2 is 2.28 bits per heavy atom. The van der Waals surface area contributed by atoms with Crippen LogP contribution in [0.5, 0.6) is 0 Å². The molecular weight excluding hydrogens is 246 g/mol. The quantitative estimate of drug-likeness (QED) is 0.870. The summed E-state index contributed by atoms with van der Waals surface area (Å²) in [5.74, 6) is 0.517. The van der Waals surface area contributed by atoms with Crippen LogP contribution >= 0.6 is 11.3 Å². The number of para-hydroxylation sites is 1. The molecule has 1 amide bonds.